The molecule has 3 aliphatic heterocycles. The van der Waals surface area contributed by atoms with Crippen LogP contribution in [0.2, 0.25) is 0 Å². The molecule has 1 saturated carbocycles. The van der Waals surface area contributed by atoms with Gasteiger partial charge in [-0.1, -0.05) is 5.16 Å². The molecule has 2 unspecified atom stereocenters. The average molecular weight is 473 g/mol. The summed E-state index contributed by atoms with van der Waals surface area (Å²) in [5.41, 5.74) is 5.81. The van der Waals surface area contributed by atoms with Crippen LogP contribution in [0.1, 0.15) is 60.7 Å². The number of pyridine rings is 1. The molecular formula is C22H28N6O4S. The van der Waals surface area contributed by atoms with Crippen LogP contribution in [-0.4, -0.2) is 65.5 Å². The van der Waals surface area contributed by atoms with Crippen molar-refractivity contribution in [1.29, 1.82) is 0 Å². The number of nitrogens with two attached hydrogens (primary N) is 1. The standard InChI is InChI=1S/C22H28N6O4S/c23-5-6-24-20-4-3-17(12-25-20)33(30,31)22-10-15-7-14(8-16(11-22)28(15)22)26-21(29)18-9-19(32-27-18)13-1-2-13/h3-4,9,12-16H,1-2,5-8,10-11,23H2,(H,24,25)(H,26,29). The molecule has 6 rings (SSSR count). The van der Waals surface area contributed by atoms with Gasteiger partial charge in [-0.2, -0.15) is 0 Å². The molecule has 5 heterocycles. The first kappa shape index (κ1) is 21.1. The van der Waals surface area contributed by atoms with Crippen molar-refractivity contribution in [3.8, 4) is 0 Å². The van der Waals surface area contributed by atoms with Gasteiger partial charge < -0.3 is 20.9 Å². The van der Waals surface area contributed by atoms with E-state index in [1.165, 1.54) is 6.20 Å². The zero-order valence-corrected chi connectivity index (χ0v) is 19.1. The Bertz CT molecular complexity index is 1160. The monoisotopic (exact) mass is 472 g/mol. The van der Waals surface area contributed by atoms with E-state index in [0.29, 0.717) is 43.4 Å². The molecule has 10 nitrogen and oxygen atoms in total. The number of carbonyl (C=O) groups is 1. The Morgan fingerprint density at radius 2 is 2.00 bits per heavy atom. The summed E-state index contributed by atoms with van der Waals surface area (Å²) in [5.74, 6) is 1.61. The second-order valence-electron chi connectivity index (χ2n) is 9.70. The van der Waals surface area contributed by atoms with Crippen LogP contribution in [0.4, 0.5) is 5.82 Å². The zero-order valence-electron chi connectivity index (χ0n) is 18.2. The summed E-state index contributed by atoms with van der Waals surface area (Å²) >= 11 is 0. The first-order valence-electron chi connectivity index (χ1n) is 11.6. The third-order valence-corrected chi connectivity index (χ3v) is 9.96. The van der Waals surface area contributed by atoms with Crippen molar-refractivity contribution < 1.29 is 17.7 Å². The lowest BCUT2D eigenvalue weighted by atomic mass is 9.67. The molecule has 4 N–H and O–H groups in total. The smallest absolute Gasteiger partial charge is 0.273 e. The maximum atomic E-state index is 13.5. The van der Waals surface area contributed by atoms with Crippen molar-refractivity contribution in [3.05, 3.63) is 35.9 Å². The first-order valence-corrected chi connectivity index (χ1v) is 13.1. The number of nitrogens with zero attached hydrogens (tertiary/aromatic N) is 3. The average Bonchev–Trinajstić information content (AvgIpc) is 3.50. The molecule has 4 fully saturated rings. The summed E-state index contributed by atoms with van der Waals surface area (Å²) in [4.78, 5) is 18.5. The van der Waals surface area contributed by atoms with E-state index in [-0.39, 0.29) is 28.9 Å². The predicted molar refractivity (Wildman–Crippen MR) is 119 cm³/mol. The number of aromatic nitrogens is 2. The Labute approximate surface area is 192 Å². The molecule has 2 atom stereocenters. The fraction of sp³-hybridized carbons (Fsp3) is 0.591. The normalized spacial score (nSPS) is 30.6. The molecule has 4 aliphatic rings. The number of nitrogens with one attached hydrogen (secondary N) is 2. The molecular weight excluding hydrogens is 444 g/mol. The number of anilines is 1. The number of hydrogen-bond donors (Lipinski definition) is 3. The van der Waals surface area contributed by atoms with Crippen molar-refractivity contribution in [2.24, 2.45) is 5.73 Å². The summed E-state index contributed by atoms with van der Waals surface area (Å²) in [7, 11) is -3.53. The molecule has 0 spiro atoms. The fourth-order valence-corrected chi connectivity index (χ4v) is 8.14. The molecule has 3 saturated heterocycles. The van der Waals surface area contributed by atoms with E-state index >= 15 is 0 Å². The van der Waals surface area contributed by atoms with Crippen LogP contribution in [0.15, 0.2) is 33.8 Å². The second kappa shape index (κ2) is 7.51. The van der Waals surface area contributed by atoms with E-state index in [9.17, 15) is 13.2 Å². The largest absolute Gasteiger partial charge is 0.369 e. The van der Waals surface area contributed by atoms with Crippen LogP contribution >= 0.6 is 0 Å². The Balaban J connectivity index is 1.10. The van der Waals surface area contributed by atoms with E-state index in [4.69, 9.17) is 10.3 Å². The minimum Gasteiger partial charge on any atom is -0.369 e. The lowest BCUT2D eigenvalue weighted by molar-refractivity contribution is -0.176. The minimum absolute atomic E-state index is 0.0143. The highest BCUT2D eigenvalue weighted by molar-refractivity contribution is 7.93. The third kappa shape index (κ3) is 3.28. The fourth-order valence-electron chi connectivity index (χ4n) is 5.87. The van der Waals surface area contributed by atoms with Crippen LogP contribution in [0.25, 0.3) is 0 Å². The summed E-state index contributed by atoms with van der Waals surface area (Å²) in [6.45, 7) is 1.06. The maximum absolute atomic E-state index is 13.5. The molecule has 1 aliphatic carbocycles. The molecule has 2 aromatic heterocycles. The molecule has 11 heteroatoms. The summed E-state index contributed by atoms with van der Waals surface area (Å²) in [5, 5.41) is 10.1. The molecule has 33 heavy (non-hydrogen) atoms. The topological polar surface area (TPSA) is 143 Å². The number of carbonyl (C=O) groups excluding carboxylic acids is 1. The lowest BCUT2D eigenvalue weighted by Gasteiger charge is -2.72. The van der Waals surface area contributed by atoms with Gasteiger partial charge in [0.15, 0.2) is 15.5 Å². The quantitative estimate of drug-likeness (QED) is 0.517. The van der Waals surface area contributed by atoms with Gasteiger partial charge in [0.05, 0.1) is 4.90 Å². The number of sulfone groups is 1. The van der Waals surface area contributed by atoms with Crippen molar-refractivity contribution in [2.45, 2.75) is 72.3 Å². The SMILES string of the molecule is NCCNc1ccc(S(=O)(=O)C23CC4CC(NC(=O)c5cc(C6CC6)on5)CC(C2)N43)cn1. The van der Waals surface area contributed by atoms with E-state index in [1.807, 2.05) is 0 Å². The van der Waals surface area contributed by atoms with Gasteiger partial charge in [-0.3, -0.25) is 9.69 Å². The van der Waals surface area contributed by atoms with Gasteiger partial charge in [0.2, 0.25) is 0 Å². The summed E-state index contributed by atoms with van der Waals surface area (Å²) < 4.78 is 32.2. The van der Waals surface area contributed by atoms with E-state index in [2.05, 4.69) is 25.7 Å². The number of rotatable bonds is 8. The highest BCUT2D eigenvalue weighted by Crippen LogP contribution is 2.60. The first-order chi connectivity index (χ1) is 15.9. The second-order valence-corrected chi connectivity index (χ2v) is 11.9. The molecule has 0 radical (unpaired) electrons. The molecule has 176 valence electrons. The van der Waals surface area contributed by atoms with Gasteiger partial charge in [-0.15, -0.1) is 0 Å². The van der Waals surface area contributed by atoms with Crippen LogP contribution in [0.3, 0.4) is 0 Å². The third-order valence-electron chi connectivity index (χ3n) is 7.55. The highest BCUT2D eigenvalue weighted by atomic mass is 32.2. The molecule has 1 amide bonds. The molecule has 2 aromatic rings. The van der Waals surface area contributed by atoms with E-state index < -0.39 is 14.7 Å². The van der Waals surface area contributed by atoms with E-state index in [1.54, 1.807) is 18.2 Å². The van der Waals surface area contributed by atoms with Gasteiger partial charge in [0.25, 0.3) is 5.91 Å². The van der Waals surface area contributed by atoms with Crippen molar-refractivity contribution in [2.75, 3.05) is 18.4 Å². The Morgan fingerprint density at radius 1 is 1.24 bits per heavy atom. The number of hydrogen-bond acceptors (Lipinski definition) is 9. The number of amides is 1. The minimum atomic E-state index is -3.53. The highest BCUT2D eigenvalue weighted by Gasteiger charge is 2.71. The zero-order chi connectivity index (χ0) is 22.8. The molecule has 0 aromatic carbocycles. The van der Waals surface area contributed by atoms with Crippen LogP contribution in [0.5, 0.6) is 0 Å². The Kier molecular flexibility index (Phi) is 4.79. The summed E-state index contributed by atoms with van der Waals surface area (Å²) in [6.07, 6.45) is 6.27. The Hall–Kier alpha value is -2.50. The Morgan fingerprint density at radius 3 is 2.64 bits per heavy atom. The van der Waals surface area contributed by atoms with Gasteiger partial charge in [0, 0.05) is 49.4 Å². The van der Waals surface area contributed by atoms with Crippen molar-refractivity contribution in [3.63, 3.8) is 0 Å². The van der Waals surface area contributed by atoms with Crippen molar-refractivity contribution in [1.82, 2.24) is 20.4 Å². The maximum Gasteiger partial charge on any atom is 0.273 e. The summed E-state index contributed by atoms with van der Waals surface area (Å²) in [6, 6.07) is 5.39. The molecule has 0 bridgehead atoms. The van der Waals surface area contributed by atoms with Crippen LogP contribution in [-0.2, 0) is 9.84 Å². The van der Waals surface area contributed by atoms with Gasteiger partial charge in [0.1, 0.15) is 16.4 Å². The van der Waals surface area contributed by atoms with E-state index in [0.717, 1.165) is 31.4 Å². The van der Waals surface area contributed by atoms with Crippen LogP contribution < -0.4 is 16.4 Å². The predicted octanol–water partition coefficient (Wildman–Crippen LogP) is 1.23. The van der Waals surface area contributed by atoms with Crippen molar-refractivity contribution >= 4 is 21.6 Å². The number of piperidine rings is 2. The lowest BCUT2D eigenvalue weighted by Crippen LogP contribution is -2.84. The van der Waals surface area contributed by atoms with Gasteiger partial charge in [-0.25, -0.2) is 13.4 Å². The van der Waals surface area contributed by atoms with Gasteiger partial charge in [-0.05, 0) is 50.7 Å². The van der Waals surface area contributed by atoms with Crippen LogP contribution in [0, 0.1) is 0 Å². The van der Waals surface area contributed by atoms with Gasteiger partial charge >= 0.3 is 0 Å².